The van der Waals surface area contributed by atoms with E-state index in [4.69, 9.17) is 4.74 Å². The van der Waals surface area contributed by atoms with Crippen LogP contribution >= 0.6 is 0 Å². The summed E-state index contributed by atoms with van der Waals surface area (Å²) in [5, 5.41) is 14.6. The maximum absolute atomic E-state index is 5.12. The fourth-order valence-corrected chi connectivity index (χ4v) is 1.45. The molecule has 2 heterocycles. The molecule has 0 aromatic carbocycles. The number of ether oxygens (including phenoxy) is 1. The van der Waals surface area contributed by atoms with Crippen LogP contribution in [0.1, 0.15) is 13.3 Å². The van der Waals surface area contributed by atoms with Gasteiger partial charge in [-0.25, -0.2) is 0 Å². The quantitative estimate of drug-likeness (QED) is 0.786. The van der Waals surface area contributed by atoms with Gasteiger partial charge in [0, 0.05) is 7.11 Å². The van der Waals surface area contributed by atoms with Crippen LogP contribution in [0.4, 0.5) is 5.82 Å². The number of rotatable bonds is 5. The SMILES string of the molecule is CCC(COC)Nc1cncc2nnnn12. The van der Waals surface area contributed by atoms with E-state index >= 15 is 0 Å². The Morgan fingerprint density at radius 1 is 1.50 bits per heavy atom. The number of nitrogens with one attached hydrogen (secondary N) is 1. The molecule has 0 saturated carbocycles. The zero-order chi connectivity index (χ0) is 11.4. The van der Waals surface area contributed by atoms with Crippen LogP contribution in [-0.4, -0.2) is 44.8 Å². The molecule has 1 N–H and O–H groups in total. The predicted octanol–water partition coefficient (Wildman–Crippen LogP) is 0.356. The third kappa shape index (κ3) is 2.08. The molecule has 0 saturated heterocycles. The lowest BCUT2D eigenvalue weighted by molar-refractivity contribution is 0.184. The molecule has 0 aliphatic carbocycles. The average Bonchev–Trinajstić information content (AvgIpc) is 2.77. The zero-order valence-electron chi connectivity index (χ0n) is 9.29. The lowest BCUT2D eigenvalue weighted by Gasteiger charge is -2.16. The first-order chi connectivity index (χ1) is 7.85. The largest absolute Gasteiger partial charge is 0.383 e. The van der Waals surface area contributed by atoms with E-state index in [9.17, 15) is 0 Å². The second kappa shape index (κ2) is 4.84. The van der Waals surface area contributed by atoms with Crippen molar-refractivity contribution in [1.29, 1.82) is 0 Å². The smallest absolute Gasteiger partial charge is 0.199 e. The summed E-state index contributed by atoms with van der Waals surface area (Å²) < 4.78 is 6.73. The van der Waals surface area contributed by atoms with Crippen molar-refractivity contribution >= 4 is 11.5 Å². The summed E-state index contributed by atoms with van der Waals surface area (Å²) in [6, 6.07) is 0.224. The van der Waals surface area contributed by atoms with Crippen LogP contribution in [0.25, 0.3) is 5.65 Å². The van der Waals surface area contributed by atoms with Crippen molar-refractivity contribution in [1.82, 2.24) is 25.0 Å². The van der Waals surface area contributed by atoms with E-state index in [0.29, 0.717) is 12.3 Å². The fourth-order valence-electron chi connectivity index (χ4n) is 1.45. The molecule has 1 unspecified atom stereocenters. The molecule has 7 nitrogen and oxygen atoms in total. The van der Waals surface area contributed by atoms with Crippen molar-refractivity contribution < 1.29 is 4.74 Å². The van der Waals surface area contributed by atoms with Gasteiger partial charge >= 0.3 is 0 Å². The molecule has 7 heteroatoms. The van der Waals surface area contributed by atoms with Crippen molar-refractivity contribution in [3.8, 4) is 0 Å². The Labute approximate surface area is 92.8 Å². The summed E-state index contributed by atoms with van der Waals surface area (Å²) in [5.74, 6) is 0.770. The van der Waals surface area contributed by atoms with E-state index in [-0.39, 0.29) is 6.04 Å². The lowest BCUT2D eigenvalue weighted by Crippen LogP contribution is -2.25. The van der Waals surface area contributed by atoms with E-state index in [1.807, 2.05) is 0 Å². The number of methoxy groups -OCH3 is 1. The van der Waals surface area contributed by atoms with Gasteiger partial charge in [0.05, 0.1) is 25.0 Å². The maximum Gasteiger partial charge on any atom is 0.199 e. The van der Waals surface area contributed by atoms with Crippen LogP contribution in [0, 0.1) is 0 Å². The van der Waals surface area contributed by atoms with Crippen LogP contribution < -0.4 is 5.32 Å². The number of tetrazole rings is 1. The van der Waals surface area contributed by atoms with Crippen LogP contribution in [0.2, 0.25) is 0 Å². The Hall–Kier alpha value is -1.76. The summed E-state index contributed by atoms with van der Waals surface area (Å²) >= 11 is 0. The highest BCUT2D eigenvalue weighted by molar-refractivity contribution is 5.44. The number of fused-ring (bicyclic) bond motifs is 1. The molecule has 16 heavy (non-hydrogen) atoms. The molecule has 0 aliphatic heterocycles. The number of aromatic nitrogens is 5. The first kappa shape index (κ1) is 10.7. The molecule has 0 radical (unpaired) electrons. The molecule has 2 aromatic heterocycles. The minimum absolute atomic E-state index is 0.224. The number of anilines is 1. The highest BCUT2D eigenvalue weighted by Gasteiger charge is 2.09. The summed E-state index contributed by atoms with van der Waals surface area (Å²) in [5.41, 5.74) is 0.622. The van der Waals surface area contributed by atoms with Crippen LogP contribution in [0.5, 0.6) is 0 Å². The Kier molecular flexibility index (Phi) is 3.25. The number of hydrogen-bond acceptors (Lipinski definition) is 6. The van der Waals surface area contributed by atoms with Gasteiger partial charge in [-0.05, 0) is 16.8 Å². The predicted molar refractivity (Wildman–Crippen MR) is 58.2 cm³/mol. The Balaban J connectivity index is 2.22. The zero-order valence-corrected chi connectivity index (χ0v) is 9.29. The normalized spacial score (nSPS) is 12.9. The van der Waals surface area contributed by atoms with Gasteiger partial charge in [0.25, 0.3) is 0 Å². The van der Waals surface area contributed by atoms with E-state index in [1.54, 1.807) is 24.0 Å². The average molecular weight is 222 g/mol. The molecule has 1 atom stereocenters. The maximum atomic E-state index is 5.12. The molecule has 86 valence electrons. The molecular weight excluding hydrogens is 208 g/mol. The minimum atomic E-state index is 0.224. The van der Waals surface area contributed by atoms with Crippen molar-refractivity contribution in [3.63, 3.8) is 0 Å². The molecule has 0 fully saturated rings. The van der Waals surface area contributed by atoms with E-state index in [1.165, 1.54) is 0 Å². The molecule has 0 bridgehead atoms. The molecule has 2 rings (SSSR count). The summed E-state index contributed by atoms with van der Waals surface area (Å²) in [6.45, 7) is 2.72. The van der Waals surface area contributed by atoms with E-state index < -0.39 is 0 Å². The molecule has 0 amide bonds. The number of nitrogens with zero attached hydrogens (tertiary/aromatic N) is 5. The highest BCUT2D eigenvalue weighted by atomic mass is 16.5. The van der Waals surface area contributed by atoms with E-state index in [0.717, 1.165) is 12.2 Å². The van der Waals surface area contributed by atoms with Gasteiger partial charge in [-0.1, -0.05) is 6.92 Å². The second-order valence-electron chi connectivity index (χ2n) is 3.45. The fraction of sp³-hybridized carbons (Fsp3) is 0.556. The van der Waals surface area contributed by atoms with Gasteiger partial charge in [0.1, 0.15) is 0 Å². The second-order valence-corrected chi connectivity index (χ2v) is 3.45. The summed E-state index contributed by atoms with van der Waals surface area (Å²) in [4.78, 5) is 4.07. The van der Waals surface area contributed by atoms with Gasteiger partial charge in [-0.3, -0.25) is 4.98 Å². The summed E-state index contributed by atoms with van der Waals surface area (Å²) in [7, 11) is 1.68. The minimum Gasteiger partial charge on any atom is -0.383 e. The van der Waals surface area contributed by atoms with Gasteiger partial charge in [-0.2, -0.15) is 4.52 Å². The Morgan fingerprint density at radius 3 is 3.12 bits per heavy atom. The molecule has 0 spiro atoms. The Bertz CT molecular complexity index is 456. The first-order valence-electron chi connectivity index (χ1n) is 5.12. The first-order valence-corrected chi connectivity index (χ1v) is 5.12. The third-order valence-electron chi connectivity index (χ3n) is 2.32. The number of hydrogen-bond donors (Lipinski definition) is 1. The van der Waals surface area contributed by atoms with Gasteiger partial charge in [0.15, 0.2) is 11.5 Å². The monoisotopic (exact) mass is 222 g/mol. The van der Waals surface area contributed by atoms with Gasteiger partial charge < -0.3 is 10.1 Å². The van der Waals surface area contributed by atoms with Crippen LogP contribution in [0.3, 0.4) is 0 Å². The third-order valence-corrected chi connectivity index (χ3v) is 2.32. The topological polar surface area (TPSA) is 77.2 Å². The lowest BCUT2D eigenvalue weighted by atomic mass is 10.2. The van der Waals surface area contributed by atoms with E-state index in [2.05, 4.69) is 32.7 Å². The van der Waals surface area contributed by atoms with Crippen molar-refractivity contribution in [3.05, 3.63) is 12.4 Å². The van der Waals surface area contributed by atoms with Crippen molar-refractivity contribution in [2.45, 2.75) is 19.4 Å². The molecule has 0 aliphatic rings. The highest BCUT2D eigenvalue weighted by Crippen LogP contribution is 2.09. The summed E-state index contributed by atoms with van der Waals surface area (Å²) in [6.07, 6.45) is 4.26. The van der Waals surface area contributed by atoms with Gasteiger partial charge in [-0.15, -0.1) is 5.10 Å². The molecular formula is C9H14N6O. The van der Waals surface area contributed by atoms with Crippen LogP contribution in [0.15, 0.2) is 12.4 Å². The standard InChI is InChI=1S/C9H14N6O/c1-3-7(6-16-2)11-8-4-10-5-9-12-13-14-15(8)9/h4-5,7,11H,3,6H2,1-2H3. The van der Waals surface area contributed by atoms with Crippen molar-refractivity contribution in [2.75, 3.05) is 19.0 Å². The van der Waals surface area contributed by atoms with Crippen LogP contribution in [-0.2, 0) is 4.74 Å². The Morgan fingerprint density at radius 2 is 2.38 bits per heavy atom. The molecule has 2 aromatic rings. The van der Waals surface area contributed by atoms with Crippen molar-refractivity contribution in [2.24, 2.45) is 0 Å². The van der Waals surface area contributed by atoms with Gasteiger partial charge in [0.2, 0.25) is 0 Å².